The second-order valence-corrected chi connectivity index (χ2v) is 7.13. The van der Waals surface area contributed by atoms with Gasteiger partial charge in [0.15, 0.2) is 0 Å². The van der Waals surface area contributed by atoms with Crippen LogP contribution in [0.15, 0.2) is 54.6 Å². The van der Waals surface area contributed by atoms with E-state index >= 15 is 0 Å². The van der Waals surface area contributed by atoms with Crippen LogP contribution in [-0.4, -0.2) is 29.9 Å². The smallest absolute Gasteiger partial charge is 0.254 e. The maximum Gasteiger partial charge on any atom is 0.254 e. The summed E-state index contributed by atoms with van der Waals surface area (Å²) >= 11 is 0. The molecule has 1 heterocycles. The third-order valence-electron chi connectivity index (χ3n) is 5.34. The maximum atomic E-state index is 13.0. The zero-order valence-corrected chi connectivity index (χ0v) is 16.3. The molecule has 1 unspecified atom stereocenters. The van der Waals surface area contributed by atoms with Crippen LogP contribution in [0.5, 0.6) is 0 Å². The average molecular weight is 373 g/mol. The molecular weight excluding hydrogens is 344 g/mol. The molecule has 26 heavy (non-hydrogen) atoms. The molecule has 3 rings (SSSR count). The van der Waals surface area contributed by atoms with Crippen molar-refractivity contribution in [3.8, 4) is 0 Å². The topological polar surface area (TPSA) is 46.3 Å². The van der Waals surface area contributed by atoms with Crippen LogP contribution in [0.25, 0.3) is 0 Å². The molecule has 1 atom stereocenters. The standard InChI is InChI=1S/C22H28N2O.ClH/c1-17(23)19-13-15-24(16-14-19)22(25)21-10-6-5-9-20(21)12-11-18-7-3-2-4-8-18;/h2-10,17,19H,11-16,23H2,1H3;1H. The molecule has 0 spiro atoms. The monoisotopic (exact) mass is 372 g/mol. The minimum atomic E-state index is 0. The Kier molecular flexibility index (Phi) is 7.67. The Balaban J connectivity index is 0.00000243. The van der Waals surface area contributed by atoms with Crippen LogP contribution in [0.2, 0.25) is 0 Å². The van der Waals surface area contributed by atoms with E-state index in [1.54, 1.807) is 0 Å². The van der Waals surface area contributed by atoms with Crippen LogP contribution >= 0.6 is 12.4 Å². The van der Waals surface area contributed by atoms with Gasteiger partial charge in [0.05, 0.1) is 0 Å². The number of aryl methyl sites for hydroxylation is 2. The predicted octanol–water partition coefficient (Wildman–Crippen LogP) is 4.09. The Labute approximate surface area is 163 Å². The van der Waals surface area contributed by atoms with Crippen molar-refractivity contribution < 1.29 is 4.79 Å². The normalized spacial score (nSPS) is 16.0. The second-order valence-electron chi connectivity index (χ2n) is 7.13. The first-order valence-corrected chi connectivity index (χ1v) is 9.32. The van der Waals surface area contributed by atoms with E-state index in [1.807, 2.05) is 29.2 Å². The van der Waals surface area contributed by atoms with Crippen molar-refractivity contribution in [2.24, 2.45) is 11.7 Å². The van der Waals surface area contributed by atoms with E-state index < -0.39 is 0 Å². The van der Waals surface area contributed by atoms with Gasteiger partial charge >= 0.3 is 0 Å². The Bertz CT molecular complexity index is 694. The summed E-state index contributed by atoms with van der Waals surface area (Å²) < 4.78 is 0. The molecule has 1 amide bonds. The van der Waals surface area contributed by atoms with Gasteiger partial charge in [-0.3, -0.25) is 4.79 Å². The molecule has 0 aromatic heterocycles. The number of carbonyl (C=O) groups is 1. The van der Waals surface area contributed by atoms with Crippen molar-refractivity contribution in [1.29, 1.82) is 0 Å². The Morgan fingerprint density at radius 2 is 1.65 bits per heavy atom. The van der Waals surface area contributed by atoms with Gasteiger partial charge in [0.25, 0.3) is 5.91 Å². The molecule has 1 aliphatic heterocycles. The zero-order chi connectivity index (χ0) is 17.6. The summed E-state index contributed by atoms with van der Waals surface area (Å²) in [5, 5.41) is 0. The van der Waals surface area contributed by atoms with E-state index in [0.29, 0.717) is 5.92 Å². The van der Waals surface area contributed by atoms with Crippen molar-refractivity contribution in [1.82, 2.24) is 4.90 Å². The first-order valence-electron chi connectivity index (χ1n) is 9.32. The number of hydrogen-bond donors (Lipinski definition) is 1. The lowest BCUT2D eigenvalue weighted by Gasteiger charge is -2.34. The number of rotatable bonds is 5. The van der Waals surface area contributed by atoms with E-state index in [-0.39, 0.29) is 24.4 Å². The quantitative estimate of drug-likeness (QED) is 0.859. The molecular formula is C22H29ClN2O. The maximum absolute atomic E-state index is 13.0. The number of likely N-dealkylation sites (tertiary alicyclic amines) is 1. The summed E-state index contributed by atoms with van der Waals surface area (Å²) in [7, 11) is 0. The highest BCUT2D eigenvalue weighted by atomic mass is 35.5. The minimum Gasteiger partial charge on any atom is -0.339 e. The fourth-order valence-electron chi connectivity index (χ4n) is 3.67. The van der Waals surface area contributed by atoms with Crippen LogP contribution in [0, 0.1) is 5.92 Å². The van der Waals surface area contributed by atoms with E-state index in [1.165, 1.54) is 5.56 Å². The SMILES string of the molecule is CC(N)C1CCN(C(=O)c2ccccc2CCc2ccccc2)CC1.Cl. The lowest BCUT2D eigenvalue weighted by Crippen LogP contribution is -2.42. The van der Waals surface area contributed by atoms with Gasteiger partial charge in [-0.1, -0.05) is 48.5 Å². The lowest BCUT2D eigenvalue weighted by atomic mass is 9.90. The van der Waals surface area contributed by atoms with E-state index in [9.17, 15) is 4.79 Å². The van der Waals surface area contributed by atoms with Gasteiger partial charge < -0.3 is 10.6 Å². The Hall–Kier alpha value is -1.84. The minimum absolute atomic E-state index is 0. The molecule has 3 nitrogen and oxygen atoms in total. The fraction of sp³-hybridized carbons (Fsp3) is 0.409. The van der Waals surface area contributed by atoms with Crippen molar-refractivity contribution in [3.63, 3.8) is 0 Å². The van der Waals surface area contributed by atoms with Crippen LogP contribution in [0.3, 0.4) is 0 Å². The summed E-state index contributed by atoms with van der Waals surface area (Å²) in [6, 6.07) is 18.7. The molecule has 1 fully saturated rings. The summed E-state index contributed by atoms with van der Waals surface area (Å²) in [5.74, 6) is 0.712. The largest absolute Gasteiger partial charge is 0.339 e. The number of carbonyl (C=O) groups excluding carboxylic acids is 1. The van der Waals surface area contributed by atoms with Gasteiger partial charge in [-0.15, -0.1) is 12.4 Å². The molecule has 1 aliphatic rings. The van der Waals surface area contributed by atoms with E-state index in [2.05, 4.69) is 37.3 Å². The molecule has 4 heteroatoms. The number of amides is 1. The Morgan fingerprint density at radius 1 is 1.04 bits per heavy atom. The number of piperidine rings is 1. The molecule has 2 aromatic rings. The third kappa shape index (κ3) is 5.09. The molecule has 0 radical (unpaired) electrons. The first kappa shape index (κ1) is 20.5. The molecule has 0 saturated carbocycles. The van der Waals surface area contributed by atoms with Crippen molar-refractivity contribution >= 4 is 18.3 Å². The number of halogens is 1. The van der Waals surface area contributed by atoms with Crippen LogP contribution in [0.1, 0.15) is 41.3 Å². The highest BCUT2D eigenvalue weighted by Crippen LogP contribution is 2.22. The van der Waals surface area contributed by atoms with Crippen LogP contribution in [-0.2, 0) is 12.8 Å². The van der Waals surface area contributed by atoms with Crippen LogP contribution < -0.4 is 5.73 Å². The Morgan fingerprint density at radius 3 is 2.31 bits per heavy atom. The summed E-state index contributed by atoms with van der Waals surface area (Å²) in [6.45, 7) is 3.71. The molecule has 1 saturated heterocycles. The highest BCUT2D eigenvalue weighted by molar-refractivity contribution is 5.95. The number of nitrogens with two attached hydrogens (primary N) is 1. The summed E-state index contributed by atoms with van der Waals surface area (Å²) in [5.41, 5.74) is 9.33. The predicted molar refractivity (Wildman–Crippen MR) is 110 cm³/mol. The average Bonchev–Trinajstić information content (AvgIpc) is 2.67. The molecule has 140 valence electrons. The molecule has 2 aromatic carbocycles. The van der Waals surface area contributed by atoms with E-state index in [0.717, 1.165) is 49.9 Å². The van der Waals surface area contributed by atoms with Gasteiger partial charge in [0.2, 0.25) is 0 Å². The molecule has 0 bridgehead atoms. The van der Waals surface area contributed by atoms with Crippen molar-refractivity contribution in [2.75, 3.05) is 13.1 Å². The van der Waals surface area contributed by atoms with Gasteiger partial charge in [0, 0.05) is 24.7 Å². The lowest BCUT2D eigenvalue weighted by molar-refractivity contribution is 0.0680. The highest BCUT2D eigenvalue weighted by Gasteiger charge is 2.26. The number of hydrogen-bond acceptors (Lipinski definition) is 2. The van der Waals surface area contributed by atoms with E-state index in [4.69, 9.17) is 5.73 Å². The number of nitrogens with zero attached hydrogens (tertiary/aromatic N) is 1. The fourth-order valence-corrected chi connectivity index (χ4v) is 3.67. The summed E-state index contributed by atoms with van der Waals surface area (Å²) in [6.07, 6.45) is 3.87. The number of benzene rings is 2. The molecule has 2 N–H and O–H groups in total. The van der Waals surface area contributed by atoms with Crippen LogP contribution in [0.4, 0.5) is 0 Å². The van der Waals surface area contributed by atoms with Crippen molar-refractivity contribution in [2.45, 2.75) is 38.6 Å². The van der Waals surface area contributed by atoms with Crippen molar-refractivity contribution in [3.05, 3.63) is 71.3 Å². The van der Waals surface area contributed by atoms with Gasteiger partial charge in [-0.05, 0) is 55.7 Å². The third-order valence-corrected chi connectivity index (χ3v) is 5.34. The zero-order valence-electron chi connectivity index (χ0n) is 15.4. The van der Waals surface area contributed by atoms with Gasteiger partial charge in [0.1, 0.15) is 0 Å². The van der Waals surface area contributed by atoms with Gasteiger partial charge in [-0.25, -0.2) is 0 Å². The second kappa shape index (κ2) is 9.75. The molecule has 0 aliphatic carbocycles. The summed E-state index contributed by atoms with van der Waals surface area (Å²) in [4.78, 5) is 15.0. The first-order chi connectivity index (χ1) is 12.1. The van der Waals surface area contributed by atoms with Gasteiger partial charge in [-0.2, -0.15) is 0 Å².